The highest BCUT2D eigenvalue weighted by atomic mass is 16.5. The van der Waals surface area contributed by atoms with Gasteiger partial charge in [0, 0.05) is 11.1 Å². The molecule has 0 saturated heterocycles. The fourth-order valence-corrected chi connectivity index (χ4v) is 1.97. The second-order valence-electron chi connectivity index (χ2n) is 4.46. The number of carbonyl (C=O) groups is 1. The molecule has 3 rings (SSSR count). The van der Waals surface area contributed by atoms with Gasteiger partial charge in [0.05, 0.1) is 19.0 Å². The van der Waals surface area contributed by atoms with Crippen LogP contribution in [0, 0.1) is 0 Å². The summed E-state index contributed by atoms with van der Waals surface area (Å²) in [6.07, 6.45) is 2.51. The molecule has 104 valence electrons. The average molecular weight is 279 g/mol. The third-order valence-electron chi connectivity index (χ3n) is 3.14. The Hall–Kier alpha value is -2.95. The highest BCUT2D eigenvalue weighted by Gasteiger charge is 2.05. The Morgan fingerprint density at radius 1 is 1.05 bits per heavy atom. The van der Waals surface area contributed by atoms with Crippen molar-refractivity contribution in [2.24, 2.45) is 0 Å². The van der Waals surface area contributed by atoms with Crippen LogP contribution in [0.3, 0.4) is 0 Å². The first-order chi connectivity index (χ1) is 10.3. The molecule has 0 aliphatic carbocycles. The van der Waals surface area contributed by atoms with E-state index in [1.165, 1.54) is 0 Å². The van der Waals surface area contributed by atoms with E-state index in [0.29, 0.717) is 5.56 Å². The van der Waals surface area contributed by atoms with Gasteiger partial charge in [-0.05, 0) is 24.3 Å². The first-order valence-corrected chi connectivity index (χ1v) is 6.42. The van der Waals surface area contributed by atoms with E-state index in [1.807, 2.05) is 36.4 Å². The maximum absolute atomic E-state index is 10.7. The van der Waals surface area contributed by atoms with Crippen LogP contribution in [0.4, 0.5) is 0 Å². The highest BCUT2D eigenvalue weighted by molar-refractivity contribution is 5.76. The summed E-state index contributed by atoms with van der Waals surface area (Å²) in [6, 6.07) is 14.7. The zero-order valence-electron chi connectivity index (χ0n) is 11.4. The minimum Gasteiger partial charge on any atom is -0.497 e. The van der Waals surface area contributed by atoms with E-state index in [1.54, 1.807) is 30.2 Å². The van der Waals surface area contributed by atoms with E-state index >= 15 is 0 Å². The van der Waals surface area contributed by atoms with Gasteiger partial charge in [-0.2, -0.15) is 9.90 Å². The zero-order valence-corrected chi connectivity index (χ0v) is 11.4. The summed E-state index contributed by atoms with van der Waals surface area (Å²) in [5.41, 5.74) is 3.16. The SMILES string of the molecule is COc1ccc(-n2ncc(-c3ccc(C=O)cc3)n2)cc1. The first kappa shape index (κ1) is 13.1. The summed E-state index contributed by atoms with van der Waals surface area (Å²) < 4.78 is 5.12. The predicted molar refractivity (Wildman–Crippen MR) is 78.7 cm³/mol. The van der Waals surface area contributed by atoms with Crippen LogP contribution in [0.25, 0.3) is 16.9 Å². The Morgan fingerprint density at radius 3 is 2.38 bits per heavy atom. The summed E-state index contributed by atoms with van der Waals surface area (Å²) in [7, 11) is 1.63. The normalized spacial score (nSPS) is 10.3. The molecule has 0 amide bonds. The van der Waals surface area contributed by atoms with Crippen LogP contribution < -0.4 is 4.74 Å². The molecule has 0 spiro atoms. The monoisotopic (exact) mass is 279 g/mol. The smallest absolute Gasteiger partial charge is 0.150 e. The maximum Gasteiger partial charge on any atom is 0.150 e. The van der Waals surface area contributed by atoms with Gasteiger partial charge in [0.25, 0.3) is 0 Å². The number of hydrogen-bond donors (Lipinski definition) is 0. The fourth-order valence-electron chi connectivity index (χ4n) is 1.97. The molecule has 0 saturated carbocycles. The van der Waals surface area contributed by atoms with E-state index in [4.69, 9.17) is 4.74 Å². The Bertz CT molecular complexity index is 746. The van der Waals surface area contributed by atoms with E-state index in [-0.39, 0.29) is 0 Å². The number of nitrogens with zero attached hydrogens (tertiary/aromatic N) is 3. The second kappa shape index (κ2) is 5.58. The molecule has 0 aliphatic heterocycles. The van der Waals surface area contributed by atoms with Gasteiger partial charge in [0.2, 0.25) is 0 Å². The molecule has 0 radical (unpaired) electrons. The summed E-state index contributed by atoms with van der Waals surface area (Å²) in [5, 5.41) is 8.69. The van der Waals surface area contributed by atoms with Crippen LogP contribution in [-0.4, -0.2) is 28.4 Å². The molecule has 1 heterocycles. The molecule has 0 N–H and O–H groups in total. The predicted octanol–water partition coefficient (Wildman–Crippen LogP) is 2.76. The van der Waals surface area contributed by atoms with Crippen molar-refractivity contribution in [2.75, 3.05) is 7.11 Å². The number of methoxy groups -OCH3 is 1. The van der Waals surface area contributed by atoms with Gasteiger partial charge in [-0.1, -0.05) is 24.3 Å². The Labute approximate surface area is 121 Å². The van der Waals surface area contributed by atoms with Gasteiger partial charge in [0.15, 0.2) is 0 Å². The van der Waals surface area contributed by atoms with Crippen molar-refractivity contribution in [3.63, 3.8) is 0 Å². The first-order valence-electron chi connectivity index (χ1n) is 6.42. The van der Waals surface area contributed by atoms with Crippen LogP contribution in [0.15, 0.2) is 54.7 Å². The molecule has 0 atom stereocenters. The van der Waals surface area contributed by atoms with Gasteiger partial charge in [-0.25, -0.2) is 0 Å². The van der Waals surface area contributed by atoms with Crippen molar-refractivity contribution < 1.29 is 9.53 Å². The van der Waals surface area contributed by atoms with E-state index in [0.717, 1.165) is 29.0 Å². The average Bonchev–Trinajstić information content (AvgIpc) is 3.05. The number of aromatic nitrogens is 3. The minimum atomic E-state index is 0.640. The topological polar surface area (TPSA) is 57.0 Å². The lowest BCUT2D eigenvalue weighted by molar-refractivity contribution is 0.112. The number of ether oxygens (including phenoxy) is 1. The molecule has 5 nitrogen and oxygen atoms in total. The molecular weight excluding hydrogens is 266 g/mol. The molecule has 2 aromatic carbocycles. The van der Waals surface area contributed by atoms with E-state index < -0.39 is 0 Å². The van der Waals surface area contributed by atoms with Gasteiger partial charge in [-0.3, -0.25) is 4.79 Å². The van der Waals surface area contributed by atoms with Gasteiger partial charge in [-0.15, -0.1) is 5.10 Å². The molecule has 0 aliphatic rings. The number of benzene rings is 2. The lowest BCUT2D eigenvalue weighted by atomic mass is 10.1. The summed E-state index contributed by atoms with van der Waals surface area (Å²) in [5.74, 6) is 0.788. The fraction of sp³-hybridized carbons (Fsp3) is 0.0625. The quantitative estimate of drug-likeness (QED) is 0.689. The number of hydrogen-bond acceptors (Lipinski definition) is 4. The molecule has 1 aromatic heterocycles. The summed E-state index contributed by atoms with van der Waals surface area (Å²) >= 11 is 0. The van der Waals surface area contributed by atoms with Crippen LogP contribution in [0.1, 0.15) is 10.4 Å². The number of rotatable bonds is 4. The molecule has 0 fully saturated rings. The second-order valence-corrected chi connectivity index (χ2v) is 4.46. The lowest BCUT2D eigenvalue weighted by Crippen LogP contribution is -1.98. The van der Waals surface area contributed by atoms with E-state index in [9.17, 15) is 4.79 Å². The Balaban J connectivity index is 1.89. The van der Waals surface area contributed by atoms with Crippen molar-refractivity contribution in [3.05, 3.63) is 60.3 Å². The molecule has 0 bridgehead atoms. The van der Waals surface area contributed by atoms with Gasteiger partial charge < -0.3 is 4.74 Å². The molecular formula is C16H13N3O2. The Kier molecular flexibility index (Phi) is 3.47. The third-order valence-corrected chi connectivity index (χ3v) is 3.14. The standard InChI is InChI=1S/C16H13N3O2/c1-21-15-8-6-14(7-9-15)19-17-10-16(18-19)13-4-2-12(11-20)3-5-13/h2-11H,1H3. The lowest BCUT2D eigenvalue weighted by Gasteiger charge is -2.02. The number of carbonyl (C=O) groups excluding carboxylic acids is 1. The number of aldehydes is 1. The van der Waals surface area contributed by atoms with Crippen LogP contribution >= 0.6 is 0 Å². The molecule has 21 heavy (non-hydrogen) atoms. The maximum atomic E-state index is 10.7. The van der Waals surface area contributed by atoms with Crippen molar-refractivity contribution in [3.8, 4) is 22.7 Å². The van der Waals surface area contributed by atoms with Crippen molar-refractivity contribution in [2.45, 2.75) is 0 Å². The minimum absolute atomic E-state index is 0.640. The molecule has 5 heteroatoms. The third kappa shape index (κ3) is 2.67. The van der Waals surface area contributed by atoms with Crippen LogP contribution in [0.2, 0.25) is 0 Å². The summed E-state index contributed by atoms with van der Waals surface area (Å²) in [6.45, 7) is 0. The van der Waals surface area contributed by atoms with E-state index in [2.05, 4.69) is 10.2 Å². The van der Waals surface area contributed by atoms with Gasteiger partial charge in [0.1, 0.15) is 17.7 Å². The Morgan fingerprint density at radius 2 is 1.76 bits per heavy atom. The largest absolute Gasteiger partial charge is 0.497 e. The van der Waals surface area contributed by atoms with Crippen molar-refractivity contribution in [1.29, 1.82) is 0 Å². The zero-order chi connectivity index (χ0) is 14.7. The van der Waals surface area contributed by atoms with Crippen LogP contribution in [0.5, 0.6) is 5.75 Å². The van der Waals surface area contributed by atoms with Gasteiger partial charge >= 0.3 is 0 Å². The molecule has 3 aromatic rings. The van der Waals surface area contributed by atoms with Crippen molar-refractivity contribution >= 4 is 6.29 Å². The van der Waals surface area contributed by atoms with Crippen molar-refractivity contribution in [1.82, 2.24) is 15.0 Å². The van der Waals surface area contributed by atoms with Crippen LogP contribution in [-0.2, 0) is 0 Å². The molecule has 0 unspecified atom stereocenters. The summed E-state index contributed by atoms with van der Waals surface area (Å²) in [4.78, 5) is 12.2. The highest BCUT2D eigenvalue weighted by Crippen LogP contribution is 2.18.